The van der Waals surface area contributed by atoms with E-state index in [1.54, 1.807) is 7.11 Å². The number of hydrogen-bond donors (Lipinski definition) is 2. The Morgan fingerprint density at radius 3 is 2.27 bits per heavy atom. The van der Waals surface area contributed by atoms with E-state index in [0.717, 1.165) is 28.1 Å². The van der Waals surface area contributed by atoms with Gasteiger partial charge in [0, 0.05) is 17.2 Å². The molecule has 0 bridgehead atoms. The number of rotatable bonds is 8. The number of fused-ring (bicyclic) bond motifs is 1. The van der Waals surface area contributed by atoms with Crippen LogP contribution in [0.4, 0.5) is 10.5 Å². The zero-order chi connectivity index (χ0) is 23.0. The summed E-state index contributed by atoms with van der Waals surface area (Å²) in [5.74, 6) is 0.802. The standard InChI is InChI=1S/C27H30N2O4/c1-19-25(18-32-16-20-9-5-3-6-10-20)28-24-14-13-22(31-2)15-23(24)26(19)29-27(30)33-17-21-11-7-4-8-12-21/h3-15,19,25-26,28H,16-18H2,1-2H3,(H,29,30)/t19-,25-,26+/m1/s1. The average molecular weight is 447 g/mol. The normalized spacial score (nSPS) is 19.2. The Kier molecular flexibility index (Phi) is 7.47. The fraction of sp³-hybridized carbons (Fsp3) is 0.296. The number of benzene rings is 3. The van der Waals surface area contributed by atoms with E-state index in [1.165, 1.54) is 0 Å². The molecule has 1 aliphatic rings. The molecule has 0 aliphatic carbocycles. The van der Waals surface area contributed by atoms with E-state index < -0.39 is 6.09 Å². The molecule has 3 atom stereocenters. The maximum Gasteiger partial charge on any atom is 0.407 e. The minimum absolute atomic E-state index is 0.0223. The van der Waals surface area contributed by atoms with Gasteiger partial charge in [-0.25, -0.2) is 4.79 Å². The van der Waals surface area contributed by atoms with Crippen LogP contribution in [0.2, 0.25) is 0 Å². The number of carbonyl (C=O) groups excluding carboxylic acids is 1. The number of ether oxygens (including phenoxy) is 3. The molecule has 0 fully saturated rings. The van der Waals surface area contributed by atoms with Crippen molar-refractivity contribution in [1.29, 1.82) is 0 Å². The predicted molar refractivity (Wildman–Crippen MR) is 128 cm³/mol. The van der Waals surface area contributed by atoms with Crippen molar-refractivity contribution in [2.24, 2.45) is 5.92 Å². The zero-order valence-electron chi connectivity index (χ0n) is 19.0. The quantitative estimate of drug-likeness (QED) is 0.491. The van der Waals surface area contributed by atoms with Crippen molar-refractivity contribution in [3.8, 4) is 5.75 Å². The summed E-state index contributed by atoms with van der Waals surface area (Å²) in [5.41, 5.74) is 4.00. The molecular weight excluding hydrogens is 416 g/mol. The summed E-state index contributed by atoms with van der Waals surface area (Å²) in [5, 5.41) is 6.64. The number of anilines is 1. The van der Waals surface area contributed by atoms with E-state index in [0.29, 0.717) is 13.2 Å². The number of amides is 1. The van der Waals surface area contributed by atoms with Crippen LogP contribution in [0.3, 0.4) is 0 Å². The van der Waals surface area contributed by atoms with Gasteiger partial charge in [0.2, 0.25) is 0 Å². The number of hydrogen-bond acceptors (Lipinski definition) is 5. The Morgan fingerprint density at radius 2 is 1.61 bits per heavy atom. The highest BCUT2D eigenvalue weighted by Crippen LogP contribution is 2.39. The van der Waals surface area contributed by atoms with Gasteiger partial charge in [0.05, 0.1) is 32.4 Å². The fourth-order valence-corrected chi connectivity index (χ4v) is 4.08. The molecule has 0 saturated carbocycles. The Labute approximate surface area is 194 Å². The van der Waals surface area contributed by atoms with Crippen molar-refractivity contribution < 1.29 is 19.0 Å². The summed E-state index contributed by atoms with van der Waals surface area (Å²) in [6.45, 7) is 3.38. The Balaban J connectivity index is 1.45. The van der Waals surface area contributed by atoms with Crippen LogP contribution in [0.25, 0.3) is 0 Å². The maximum atomic E-state index is 12.7. The van der Waals surface area contributed by atoms with E-state index in [9.17, 15) is 4.79 Å². The first kappa shape index (κ1) is 22.7. The molecule has 4 rings (SSSR count). The summed E-state index contributed by atoms with van der Waals surface area (Å²) in [6, 6.07) is 25.4. The smallest absolute Gasteiger partial charge is 0.407 e. The third-order valence-electron chi connectivity index (χ3n) is 5.99. The van der Waals surface area contributed by atoms with Gasteiger partial charge in [0.15, 0.2) is 0 Å². The largest absolute Gasteiger partial charge is 0.497 e. The van der Waals surface area contributed by atoms with Crippen LogP contribution in [-0.4, -0.2) is 25.9 Å². The zero-order valence-corrected chi connectivity index (χ0v) is 19.0. The van der Waals surface area contributed by atoms with Gasteiger partial charge in [0.25, 0.3) is 0 Å². The van der Waals surface area contributed by atoms with E-state index >= 15 is 0 Å². The molecule has 6 nitrogen and oxygen atoms in total. The van der Waals surface area contributed by atoms with Gasteiger partial charge in [-0.05, 0) is 29.3 Å². The molecule has 6 heteroatoms. The SMILES string of the molecule is COc1ccc2c(c1)[C@@H](NC(=O)OCc1ccccc1)[C@H](C)[C@@H](COCc1ccccc1)N2. The summed E-state index contributed by atoms with van der Waals surface area (Å²) < 4.78 is 16.9. The Hall–Kier alpha value is -3.51. The van der Waals surface area contributed by atoms with Gasteiger partial charge < -0.3 is 24.8 Å². The van der Waals surface area contributed by atoms with Gasteiger partial charge in [-0.3, -0.25) is 0 Å². The molecule has 3 aromatic carbocycles. The highest BCUT2D eigenvalue weighted by atomic mass is 16.5. The molecular formula is C27H30N2O4. The van der Waals surface area contributed by atoms with E-state index in [2.05, 4.69) is 17.6 Å². The van der Waals surface area contributed by atoms with Crippen LogP contribution in [0, 0.1) is 5.92 Å². The molecule has 1 amide bonds. The van der Waals surface area contributed by atoms with Crippen LogP contribution >= 0.6 is 0 Å². The third-order valence-corrected chi connectivity index (χ3v) is 5.99. The number of carbonyl (C=O) groups is 1. The van der Waals surface area contributed by atoms with Crippen LogP contribution in [0.1, 0.15) is 29.7 Å². The van der Waals surface area contributed by atoms with Crippen molar-refractivity contribution in [1.82, 2.24) is 5.32 Å². The molecule has 2 N–H and O–H groups in total. The lowest BCUT2D eigenvalue weighted by Gasteiger charge is -2.39. The second kappa shape index (κ2) is 10.9. The Morgan fingerprint density at radius 1 is 0.939 bits per heavy atom. The lowest BCUT2D eigenvalue weighted by molar-refractivity contribution is 0.0893. The predicted octanol–water partition coefficient (Wildman–Crippen LogP) is 5.31. The lowest BCUT2D eigenvalue weighted by Crippen LogP contribution is -2.46. The van der Waals surface area contributed by atoms with E-state index in [1.807, 2.05) is 78.9 Å². The van der Waals surface area contributed by atoms with Gasteiger partial charge in [-0.2, -0.15) is 0 Å². The van der Waals surface area contributed by atoms with Crippen LogP contribution in [0.15, 0.2) is 78.9 Å². The number of alkyl carbamates (subject to hydrolysis) is 1. The summed E-state index contributed by atoms with van der Waals surface area (Å²) in [4.78, 5) is 12.7. The van der Waals surface area contributed by atoms with Crippen molar-refractivity contribution in [2.75, 3.05) is 19.0 Å². The summed E-state index contributed by atoms with van der Waals surface area (Å²) >= 11 is 0. The van der Waals surface area contributed by atoms with Crippen LogP contribution < -0.4 is 15.4 Å². The topological polar surface area (TPSA) is 68.8 Å². The van der Waals surface area contributed by atoms with Gasteiger partial charge >= 0.3 is 6.09 Å². The molecule has 3 aromatic rings. The fourth-order valence-electron chi connectivity index (χ4n) is 4.08. The lowest BCUT2D eigenvalue weighted by atomic mass is 9.84. The summed E-state index contributed by atoms with van der Waals surface area (Å²) in [6.07, 6.45) is -0.449. The first-order chi connectivity index (χ1) is 16.1. The minimum Gasteiger partial charge on any atom is -0.497 e. The van der Waals surface area contributed by atoms with E-state index in [-0.39, 0.29) is 24.6 Å². The second-order valence-corrected chi connectivity index (χ2v) is 8.25. The van der Waals surface area contributed by atoms with Gasteiger partial charge in [0.1, 0.15) is 12.4 Å². The maximum absolute atomic E-state index is 12.7. The molecule has 0 aromatic heterocycles. The highest BCUT2D eigenvalue weighted by Gasteiger charge is 2.35. The summed E-state index contributed by atoms with van der Waals surface area (Å²) in [7, 11) is 1.64. The van der Waals surface area contributed by atoms with Crippen LogP contribution in [-0.2, 0) is 22.7 Å². The molecule has 0 saturated heterocycles. The van der Waals surface area contributed by atoms with Gasteiger partial charge in [-0.1, -0.05) is 67.6 Å². The first-order valence-corrected chi connectivity index (χ1v) is 11.2. The van der Waals surface area contributed by atoms with Crippen molar-refractivity contribution in [3.05, 3.63) is 95.6 Å². The van der Waals surface area contributed by atoms with Crippen molar-refractivity contribution in [3.63, 3.8) is 0 Å². The molecule has 172 valence electrons. The second-order valence-electron chi connectivity index (χ2n) is 8.25. The highest BCUT2D eigenvalue weighted by molar-refractivity contribution is 5.70. The minimum atomic E-state index is -0.449. The van der Waals surface area contributed by atoms with Gasteiger partial charge in [-0.15, -0.1) is 0 Å². The molecule has 0 radical (unpaired) electrons. The number of nitrogens with one attached hydrogen (secondary N) is 2. The average Bonchev–Trinajstić information content (AvgIpc) is 2.86. The van der Waals surface area contributed by atoms with Crippen molar-refractivity contribution in [2.45, 2.75) is 32.2 Å². The molecule has 1 heterocycles. The van der Waals surface area contributed by atoms with Crippen LogP contribution in [0.5, 0.6) is 5.75 Å². The number of methoxy groups -OCH3 is 1. The third kappa shape index (κ3) is 5.84. The molecule has 0 spiro atoms. The molecule has 1 aliphatic heterocycles. The van der Waals surface area contributed by atoms with E-state index in [4.69, 9.17) is 14.2 Å². The molecule has 0 unspecified atom stereocenters. The monoisotopic (exact) mass is 446 g/mol. The molecule has 33 heavy (non-hydrogen) atoms. The Bertz CT molecular complexity index is 1040. The first-order valence-electron chi connectivity index (χ1n) is 11.2. The van der Waals surface area contributed by atoms with Crippen molar-refractivity contribution >= 4 is 11.8 Å².